The van der Waals surface area contributed by atoms with Gasteiger partial charge in [0.1, 0.15) is 13.1 Å². The van der Waals surface area contributed by atoms with Crippen LogP contribution in [0.5, 0.6) is 0 Å². The molecule has 0 spiro atoms. The number of hydrogen-bond acceptors (Lipinski definition) is 10. The van der Waals surface area contributed by atoms with Crippen LogP contribution >= 0.6 is 0 Å². The Kier molecular flexibility index (Phi) is 20.8. The highest BCUT2D eigenvalue weighted by atomic mass is 16.5. The number of carbonyl (C=O) groups is 6. The summed E-state index contributed by atoms with van der Waals surface area (Å²) in [5.41, 5.74) is 0.299. The fourth-order valence-electron chi connectivity index (χ4n) is 20.5. The first-order valence-corrected chi connectivity index (χ1v) is 32.5. The van der Waals surface area contributed by atoms with Crippen molar-refractivity contribution < 1.29 is 48.5 Å². The minimum absolute atomic E-state index is 0.122. The Bertz CT molecular complexity index is 1980. The Balaban J connectivity index is 0.863. The SMILES string of the molecule is CCOC(=O)CNC(=O)CN(CCCCCN(CC(=O)NCC(=O)OCC)C(=O)CC[C@@H](C)C1CC[C@H]2[C@@H]3CC[C@@H]4CCCC[C@]4(C)[C@H]3C[C@H](O)[C@]12C)C(=O)CC[C@@H](C)C1CC[C@H]2[C@@H]3CC[C@@H]4CCCC[C@]4(C)[C@H]3C[C@H](O)[C@]12C. The number of aliphatic hydroxyl groups excluding tert-OH is 2. The van der Waals surface area contributed by atoms with Gasteiger partial charge in [0.2, 0.25) is 23.6 Å². The summed E-state index contributed by atoms with van der Waals surface area (Å²) in [7, 11) is 0. The third-order valence-electron chi connectivity index (χ3n) is 24.7. The molecule has 0 aromatic heterocycles. The second kappa shape index (κ2) is 26.5. The van der Waals surface area contributed by atoms with Gasteiger partial charge in [-0.3, -0.25) is 28.8 Å². The van der Waals surface area contributed by atoms with Gasteiger partial charge in [-0.05, 0) is 229 Å². The van der Waals surface area contributed by atoms with Gasteiger partial charge in [-0.25, -0.2) is 0 Å². The van der Waals surface area contributed by atoms with Gasteiger partial charge in [-0.2, -0.15) is 0 Å². The molecule has 79 heavy (non-hydrogen) atoms. The van der Waals surface area contributed by atoms with Crippen LogP contribution in [0.4, 0.5) is 0 Å². The highest BCUT2D eigenvalue weighted by molar-refractivity contribution is 5.88. The standard InChI is InChI=1S/C65H108N4O10/c1-9-78-60(76)38-66-56(72)40-68(58(74)30-20-42(3)48-26-28-50-46-24-22-44-18-12-14-32-62(44,5)52(46)36-54(70)64(48,50)7)34-16-11-17-35-69(41-57(73)67-39-61(77)79-10-2)59(75)31-21-43(4)49-27-29-51-47-25-23-45-19-13-15-33-63(45,6)53(47)37-55(71)65(49,51)8/h42-55,70-71H,9-41H2,1-8H3,(H,66,72)(H,67,73)/t42-,43-,44+,45+,46+,47+,48?,49?,50+,51+,52+,53+,54+,55+,62+,63+,64-,65-/m1/s1. The summed E-state index contributed by atoms with van der Waals surface area (Å²) in [4.78, 5) is 82.7. The van der Waals surface area contributed by atoms with Crippen molar-refractivity contribution in [1.29, 1.82) is 0 Å². The monoisotopic (exact) mass is 1100 g/mol. The molecule has 4 amide bonds. The molecule has 0 aromatic carbocycles. The maximum absolute atomic E-state index is 14.3. The normalized spacial score (nSPS) is 38.0. The Hall–Kier alpha value is -3.26. The van der Waals surface area contributed by atoms with Gasteiger partial charge in [0.25, 0.3) is 0 Å². The van der Waals surface area contributed by atoms with Crippen molar-refractivity contribution in [3.63, 3.8) is 0 Å². The molecule has 0 aromatic rings. The van der Waals surface area contributed by atoms with Gasteiger partial charge in [0.15, 0.2) is 0 Å². The van der Waals surface area contributed by atoms with E-state index in [9.17, 15) is 39.0 Å². The lowest BCUT2D eigenvalue weighted by Gasteiger charge is -2.62. The summed E-state index contributed by atoms with van der Waals surface area (Å²) in [6.07, 6.45) is 24.8. The van der Waals surface area contributed by atoms with Crippen LogP contribution in [0, 0.1) is 92.7 Å². The molecule has 8 aliphatic carbocycles. The number of unbranched alkanes of at least 4 members (excludes halogenated alkanes) is 2. The van der Waals surface area contributed by atoms with Crippen LogP contribution in [-0.4, -0.2) is 120 Å². The molecule has 0 saturated heterocycles. The maximum atomic E-state index is 14.3. The molecule has 448 valence electrons. The fourth-order valence-corrected chi connectivity index (χ4v) is 20.5. The first-order valence-electron chi connectivity index (χ1n) is 32.5. The molecule has 8 rings (SSSR count). The lowest BCUT2D eigenvalue weighted by Crippen LogP contribution is -2.58. The van der Waals surface area contributed by atoms with E-state index in [4.69, 9.17) is 9.47 Å². The number of hydrogen-bond donors (Lipinski definition) is 4. The lowest BCUT2D eigenvalue weighted by molar-refractivity contribution is -0.168. The average Bonchev–Trinajstić information content (AvgIpc) is 4.25. The van der Waals surface area contributed by atoms with Crippen molar-refractivity contribution in [1.82, 2.24) is 20.4 Å². The molecule has 0 heterocycles. The topological polar surface area (TPSA) is 192 Å². The van der Waals surface area contributed by atoms with Crippen LogP contribution in [0.25, 0.3) is 0 Å². The van der Waals surface area contributed by atoms with Crippen molar-refractivity contribution in [3.05, 3.63) is 0 Å². The summed E-state index contributed by atoms with van der Waals surface area (Å²) < 4.78 is 10.1. The first kappa shape index (κ1) is 61.8. The number of esters is 2. The first-order chi connectivity index (χ1) is 37.7. The van der Waals surface area contributed by atoms with Crippen molar-refractivity contribution in [2.75, 3.05) is 52.5 Å². The molecular formula is C65H108N4O10. The summed E-state index contributed by atoms with van der Waals surface area (Å²) in [5, 5.41) is 29.6. The Morgan fingerprint density at radius 3 is 1.33 bits per heavy atom. The van der Waals surface area contributed by atoms with Crippen LogP contribution in [0.3, 0.4) is 0 Å². The Labute approximate surface area is 475 Å². The molecule has 4 N–H and O–H groups in total. The third-order valence-corrected chi connectivity index (χ3v) is 24.7. The van der Waals surface area contributed by atoms with Gasteiger partial charge in [0.05, 0.1) is 38.5 Å². The number of ether oxygens (including phenoxy) is 2. The number of fused-ring (bicyclic) bond motifs is 10. The molecule has 8 fully saturated rings. The summed E-state index contributed by atoms with van der Waals surface area (Å²) in [6.45, 7) is 17.8. The van der Waals surface area contributed by atoms with Crippen LogP contribution in [0.1, 0.15) is 216 Å². The van der Waals surface area contributed by atoms with E-state index in [1.54, 1.807) is 23.6 Å². The minimum Gasteiger partial charge on any atom is -0.465 e. The lowest BCUT2D eigenvalue weighted by atomic mass is 9.44. The van der Waals surface area contributed by atoms with Crippen molar-refractivity contribution in [3.8, 4) is 0 Å². The van der Waals surface area contributed by atoms with Crippen LogP contribution in [0.2, 0.25) is 0 Å². The van der Waals surface area contributed by atoms with Crippen LogP contribution in [-0.2, 0) is 38.2 Å². The van der Waals surface area contributed by atoms with Gasteiger partial charge in [-0.1, -0.05) is 67.2 Å². The van der Waals surface area contributed by atoms with E-state index in [0.29, 0.717) is 103 Å². The minimum atomic E-state index is -0.542. The van der Waals surface area contributed by atoms with Crippen LogP contribution < -0.4 is 10.6 Å². The van der Waals surface area contributed by atoms with Crippen molar-refractivity contribution >= 4 is 35.6 Å². The smallest absolute Gasteiger partial charge is 0.325 e. The van der Waals surface area contributed by atoms with Gasteiger partial charge < -0.3 is 40.1 Å². The molecule has 2 unspecified atom stereocenters. The van der Waals surface area contributed by atoms with Gasteiger partial charge >= 0.3 is 11.9 Å². The van der Waals surface area contributed by atoms with E-state index in [1.807, 2.05) is 0 Å². The maximum Gasteiger partial charge on any atom is 0.325 e. The second-order valence-corrected chi connectivity index (χ2v) is 28.3. The molecule has 14 heteroatoms. The van der Waals surface area contributed by atoms with Crippen molar-refractivity contribution in [2.45, 2.75) is 228 Å². The van der Waals surface area contributed by atoms with Crippen LogP contribution in [0.15, 0.2) is 0 Å². The number of rotatable bonds is 24. The number of nitrogens with zero attached hydrogens (tertiary/aromatic N) is 2. The average molecular weight is 1110 g/mol. The fraction of sp³-hybridized carbons (Fsp3) is 0.908. The molecule has 8 saturated carbocycles. The van der Waals surface area contributed by atoms with E-state index in [0.717, 1.165) is 50.4 Å². The zero-order chi connectivity index (χ0) is 56.9. The highest BCUT2D eigenvalue weighted by Crippen LogP contribution is 2.70. The highest BCUT2D eigenvalue weighted by Gasteiger charge is 2.65. The van der Waals surface area contributed by atoms with E-state index >= 15 is 0 Å². The third kappa shape index (κ3) is 13.0. The predicted molar refractivity (Wildman–Crippen MR) is 306 cm³/mol. The van der Waals surface area contributed by atoms with Gasteiger partial charge in [0, 0.05) is 25.9 Å². The predicted octanol–water partition coefficient (Wildman–Crippen LogP) is 10.0. The Morgan fingerprint density at radius 1 is 0.532 bits per heavy atom. The number of nitrogens with one attached hydrogen (secondary N) is 2. The van der Waals surface area contributed by atoms with E-state index in [-0.39, 0.29) is 98.9 Å². The summed E-state index contributed by atoms with van der Waals surface area (Å²) >= 11 is 0. The number of aliphatic hydroxyl groups is 2. The number of amides is 4. The molecular weight excluding hydrogens is 997 g/mol. The molecule has 8 aliphatic rings. The molecule has 0 aliphatic heterocycles. The summed E-state index contributed by atoms with van der Waals surface area (Å²) in [5.74, 6) is 3.87. The number of carbonyl (C=O) groups excluding carboxylic acids is 6. The van der Waals surface area contributed by atoms with E-state index in [1.165, 1.54) is 77.0 Å². The molecule has 0 bridgehead atoms. The molecule has 18 atom stereocenters. The molecule has 14 nitrogen and oxygen atoms in total. The van der Waals surface area contributed by atoms with E-state index < -0.39 is 23.8 Å². The summed E-state index contributed by atoms with van der Waals surface area (Å²) in [6, 6.07) is 0. The zero-order valence-electron chi connectivity index (χ0n) is 50.5. The Morgan fingerprint density at radius 2 is 0.937 bits per heavy atom. The van der Waals surface area contributed by atoms with Gasteiger partial charge in [-0.15, -0.1) is 0 Å². The largest absolute Gasteiger partial charge is 0.465 e. The van der Waals surface area contributed by atoms with E-state index in [2.05, 4.69) is 52.2 Å². The zero-order valence-corrected chi connectivity index (χ0v) is 50.5. The quantitative estimate of drug-likeness (QED) is 0.0534. The second-order valence-electron chi connectivity index (χ2n) is 28.3. The van der Waals surface area contributed by atoms with Crippen molar-refractivity contribution in [2.24, 2.45) is 92.7 Å². The molecule has 0 radical (unpaired) electrons.